The van der Waals surface area contributed by atoms with Crippen molar-refractivity contribution in [2.24, 2.45) is 0 Å². The Labute approximate surface area is 99.8 Å². The van der Waals surface area contributed by atoms with Gasteiger partial charge in [0.15, 0.2) is 6.10 Å². The Kier molecular flexibility index (Phi) is 3.71. The van der Waals surface area contributed by atoms with Gasteiger partial charge in [-0.1, -0.05) is 0 Å². The van der Waals surface area contributed by atoms with E-state index in [-0.39, 0.29) is 5.56 Å². The number of hydrogen-bond donors (Lipinski definition) is 2. The average molecular weight is 250 g/mol. The number of carboxylic acid groups (broad SMARTS) is 1. The third-order valence-corrected chi connectivity index (χ3v) is 2.13. The number of aliphatic hydroxyl groups is 1. The average Bonchev–Trinajstić information content (AvgIpc) is 2.35. The third-order valence-electron chi connectivity index (χ3n) is 2.13. The van der Waals surface area contributed by atoms with E-state index in [1.54, 1.807) is 0 Å². The van der Waals surface area contributed by atoms with Gasteiger partial charge in [-0.15, -0.1) is 0 Å². The predicted octanol–water partition coefficient (Wildman–Crippen LogP) is 0.397. The molecule has 1 rings (SSSR count). The van der Waals surface area contributed by atoms with Crippen LogP contribution in [-0.2, 0) is 4.79 Å². The number of nitriles is 1. The summed E-state index contributed by atoms with van der Waals surface area (Å²) in [6.45, 7) is 0. The minimum Gasteiger partial charge on any atom is -0.479 e. The lowest BCUT2D eigenvalue weighted by atomic mass is 10.00. The first-order valence-corrected chi connectivity index (χ1v) is 4.50. The van der Waals surface area contributed by atoms with Gasteiger partial charge in [0, 0.05) is 5.56 Å². The number of hydrogen-bond acceptors (Lipinski definition) is 6. The molecule has 0 heterocycles. The van der Waals surface area contributed by atoms with Crippen molar-refractivity contribution in [1.82, 2.24) is 0 Å². The zero-order valence-electron chi connectivity index (χ0n) is 8.73. The molecule has 0 radical (unpaired) electrons. The van der Waals surface area contributed by atoms with Crippen LogP contribution < -0.4 is 0 Å². The van der Waals surface area contributed by atoms with Gasteiger partial charge in [-0.2, -0.15) is 5.26 Å². The summed E-state index contributed by atoms with van der Waals surface area (Å²) in [5.41, 5.74) is -2.04. The Bertz CT molecular complexity index is 574. The first-order valence-electron chi connectivity index (χ1n) is 4.50. The van der Waals surface area contributed by atoms with Gasteiger partial charge in [-0.3, -0.25) is 14.9 Å². The van der Waals surface area contributed by atoms with E-state index in [0.717, 1.165) is 12.1 Å². The van der Waals surface area contributed by atoms with E-state index in [1.165, 1.54) is 6.07 Å². The van der Waals surface area contributed by atoms with Crippen LogP contribution in [0.4, 0.5) is 5.69 Å². The van der Waals surface area contributed by atoms with E-state index in [9.17, 15) is 24.8 Å². The molecule has 8 nitrogen and oxygen atoms in total. The van der Waals surface area contributed by atoms with E-state index in [2.05, 4.69) is 0 Å². The van der Waals surface area contributed by atoms with E-state index in [1.807, 2.05) is 0 Å². The molecule has 2 N–H and O–H groups in total. The zero-order chi connectivity index (χ0) is 13.9. The number of aliphatic carboxylic acids is 1. The maximum Gasteiger partial charge on any atom is 0.337 e. The molecule has 18 heavy (non-hydrogen) atoms. The highest BCUT2D eigenvalue weighted by Crippen LogP contribution is 2.30. The Morgan fingerprint density at radius 3 is 2.56 bits per heavy atom. The number of benzene rings is 1. The molecule has 0 saturated heterocycles. The van der Waals surface area contributed by atoms with Crippen LogP contribution >= 0.6 is 0 Å². The van der Waals surface area contributed by atoms with Crippen molar-refractivity contribution in [1.29, 1.82) is 5.26 Å². The van der Waals surface area contributed by atoms with Crippen LogP contribution in [0.5, 0.6) is 0 Å². The molecule has 1 unspecified atom stereocenters. The van der Waals surface area contributed by atoms with Crippen LogP contribution in [-0.4, -0.2) is 27.4 Å². The summed E-state index contributed by atoms with van der Waals surface area (Å²) in [4.78, 5) is 31.0. The van der Waals surface area contributed by atoms with Gasteiger partial charge in [-0.25, -0.2) is 4.79 Å². The summed E-state index contributed by atoms with van der Waals surface area (Å²) < 4.78 is 0. The highest BCUT2D eigenvalue weighted by molar-refractivity contribution is 5.82. The molecule has 1 aromatic carbocycles. The van der Waals surface area contributed by atoms with Gasteiger partial charge in [0.25, 0.3) is 5.69 Å². The molecular formula is C10H6N2O6. The van der Waals surface area contributed by atoms with Crippen molar-refractivity contribution in [2.45, 2.75) is 6.10 Å². The number of aldehydes is 1. The van der Waals surface area contributed by atoms with Gasteiger partial charge < -0.3 is 10.2 Å². The molecule has 0 aliphatic carbocycles. The van der Waals surface area contributed by atoms with Crippen molar-refractivity contribution < 1.29 is 24.7 Å². The number of carbonyl (C=O) groups is 2. The smallest absolute Gasteiger partial charge is 0.337 e. The second kappa shape index (κ2) is 5.03. The highest BCUT2D eigenvalue weighted by Gasteiger charge is 2.29. The largest absolute Gasteiger partial charge is 0.479 e. The first kappa shape index (κ1) is 13.3. The molecule has 0 saturated carbocycles. The molecule has 8 heteroatoms. The summed E-state index contributed by atoms with van der Waals surface area (Å²) in [6.07, 6.45) is -1.89. The number of rotatable bonds is 4. The lowest BCUT2D eigenvalue weighted by Crippen LogP contribution is -2.14. The molecule has 0 spiro atoms. The fourth-order valence-electron chi connectivity index (χ4n) is 1.38. The molecule has 0 aliphatic heterocycles. The summed E-state index contributed by atoms with van der Waals surface area (Å²) in [7, 11) is 0. The summed E-state index contributed by atoms with van der Waals surface area (Å²) in [5, 5.41) is 37.5. The van der Waals surface area contributed by atoms with E-state index in [0.29, 0.717) is 6.29 Å². The summed E-state index contributed by atoms with van der Waals surface area (Å²) in [6, 6.07) is 3.29. The van der Waals surface area contributed by atoms with Crippen LogP contribution in [0, 0.1) is 21.4 Å². The SMILES string of the molecule is N#Cc1cc(C=O)cc(C(O)C(=O)O)c1[N+](=O)[O-]. The topological polar surface area (TPSA) is 142 Å². The summed E-state index contributed by atoms with van der Waals surface area (Å²) >= 11 is 0. The number of nitro groups is 1. The predicted molar refractivity (Wildman–Crippen MR) is 55.8 cm³/mol. The van der Waals surface area contributed by atoms with E-state index < -0.39 is 33.8 Å². The third kappa shape index (κ3) is 2.31. The van der Waals surface area contributed by atoms with Crippen LogP contribution in [0.15, 0.2) is 12.1 Å². The maximum absolute atomic E-state index is 10.8. The number of carboxylic acids is 1. The first-order chi connectivity index (χ1) is 8.42. The number of nitrogens with zero attached hydrogens (tertiary/aromatic N) is 2. The van der Waals surface area contributed by atoms with E-state index in [4.69, 9.17) is 10.4 Å². The fraction of sp³-hybridized carbons (Fsp3) is 0.100. The molecule has 1 aromatic rings. The van der Waals surface area contributed by atoms with Crippen molar-refractivity contribution in [3.63, 3.8) is 0 Å². The van der Waals surface area contributed by atoms with Gasteiger partial charge in [0.2, 0.25) is 0 Å². The fourth-order valence-corrected chi connectivity index (χ4v) is 1.38. The maximum atomic E-state index is 10.8. The normalized spacial score (nSPS) is 11.3. The molecule has 92 valence electrons. The lowest BCUT2D eigenvalue weighted by Gasteiger charge is -2.08. The quantitative estimate of drug-likeness (QED) is 0.447. The van der Waals surface area contributed by atoms with Crippen LogP contribution in [0.25, 0.3) is 0 Å². The van der Waals surface area contributed by atoms with Gasteiger partial charge in [0.1, 0.15) is 17.9 Å². The minimum atomic E-state index is -2.18. The number of nitro benzene ring substituents is 1. The molecular weight excluding hydrogens is 244 g/mol. The number of carbonyl (C=O) groups excluding carboxylic acids is 1. The van der Waals surface area contributed by atoms with Crippen LogP contribution in [0.1, 0.15) is 27.6 Å². The van der Waals surface area contributed by atoms with Gasteiger partial charge in [-0.05, 0) is 12.1 Å². The molecule has 1 atom stereocenters. The van der Waals surface area contributed by atoms with Crippen molar-refractivity contribution in [2.75, 3.05) is 0 Å². The zero-order valence-corrected chi connectivity index (χ0v) is 8.73. The molecule has 0 aromatic heterocycles. The standard InChI is InChI=1S/C10H6N2O6/c11-3-6-1-5(4-13)2-7(8(6)12(17)18)9(14)10(15)16/h1-2,4,9,14H,(H,15,16). The minimum absolute atomic E-state index is 0.132. The Morgan fingerprint density at radius 2 is 2.17 bits per heavy atom. The Balaban J connectivity index is 3.65. The summed E-state index contributed by atoms with van der Waals surface area (Å²) in [5.74, 6) is -1.72. The van der Waals surface area contributed by atoms with Crippen molar-refractivity contribution >= 4 is 17.9 Å². The highest BCUT2D eigenvalue weighted by atomic mass is 16.6. The van der Waals surface area contributed by atoms with E-state index >= 15 is 0 Å². The molecule has 0 aliphatic rings. The van der Waals surface area contributed by atoms with Crippen molar-refractivity contribution in [3.05, 3.63) is 38.9 Å². The van der Waals surface area contributed by atoms with Gasteiger partial charge >= 0.3 is 5.97 Å². The van der Waals surface area contributed by atoms with Gasteiger partial charge in [0.05, 0.1) is 10.5 Å². The van der Waals surface area contributed by atoms with Crippen LogP contribution in [0.2, 0.25) is 0 Å². The molecule has 0 amide bonds. The second-order valence-corrected chi connectivity index (χ2v) is 3.23. The monoisotopic (exact) mass is 250 g/mol. The number of aliphatic hydroxyl groups excluding tert-OH is 1. The Hall–Kier alpha value is -2.79. The van der Waals surface area contributed by atoms with Crippen LogP contribution in [0.3, 0.4) is 0 Å². The second-order valence-electron chi connectivity index (χ2n) is 3.23. The molecule has 0 bridgehead atoms. The Morgan fingerprint density at radius 1 is 1.56 bits per heavy atom. The molecule has 0 fully saturated rings. The van der Waals surface area contributed by atoms with Crippen molar-refractivity contribution in [3.8, 4) is 6.07 Å². The lowest BCUT2D eigenvalue weighted by molar-refractivity contribution is -0.386.